The van der Waals surface area contributed by atoms with Crippen molar-refractivity contribution in [2.75, 3.05) is 26.9 Å². The van der Waals surface area contributed by atoms with Crippen LogP contribution in [0.2, 0.25) is 0 Å². The molecule has 1 aromatic rings. The van der Waals surface area contributed by atoms with E-state index in [9.17, 15) is 4.79 Å². The van der Waals surface area contributed by atoms with Crippen LogP contribution in [0.3, 0.4) is 0 Å². The normalized spacial score (nSPS) is 21.1. The van der Waals surface area contributed by atoms with E-state index in [1.54, 1.807) is 18.6 Å². The summed E-state index contributed by atoms with van der Waals surface area (Å²) in [5.74, 6) is -0.270. The number of methoxy groups -OCH3 is 1. The Morgan fingerprint density at radius 1 is 1.65 bits per heavy atom. The Morgan fingerprint density at radius 2 is 2.53 bits per heavy atom. The predicted molar refractivity (Wildman–Crippen MR) is 59.1 cm³/mol. The Hall–Kier alpha value is -1.53. The lowest BCUT2D eigenvalue weighted by Gasteiger charge is -2.33. The van der Waals surface area contributed by atoms with Gasteiger partial charge in [0.25, 0.3) is 0 Å². The van der Waals surface area contributed by atoms with Crippen molar-refractivity contribution < 1.29 is 14.3 Å². The molecular weight excluding hydrogens is 222 g/mol. The molecule has 0 N–H and O–H groups in total. The van der Waals surface area contributed by atoms with Gasteiger partial charge in [-0.05, 0) is 0 Å². The minimum absolute atomic E-state index is 0.270. The SMILES string of the molecule is COC(=O)C1COCCN1Cc1cnccn1. The van der Waals surface area contributed by atoms with Gasteiger partial charge >= 0.3 is 5.97 Å². The zero-order chi connectivity index (χ0) is 12.1. The summed E-state index contributed by atoms with van der Waals surface area (Å²) in [6.07, 6.45) is 4.97. The van der Waals surface area contributed by atoms with E-state index < -0.39 is 0 Å². The third-order valence-corrected chi connectivity index (χ3v) is 2.69. The number of carbonyl (C=O) groups is 1. The zero-order valence-corrected chi connectivity index (χ0v) is 9.70. The van der Waals surface area contributed by atoms with E-state index in [4.69, 9.17) is 9.47 Å². The second-order valence-corrected chi connectivity index (χ2v) is 3.78. The van der Waals surface area contributed by atoms with Crippen molar-refractivity contribution in [3.05, 3.63) is 24.3 Å². The van der Waals surface area contributed by atoms with Crippen LogP contribution in [0.1, 0.15) is 5.69 Å². The van der Waals surface area contributed by atoms with Crippen molar-refractivity contribution >= 4 is 5.97 Å². The summed E-state index contributed by atoms with van der Waals surface area (Å²) >= 11 is 0. The van der Waals surface area contributed by atoms with Crippen LogP contribution < -0.4 is 0 Å². The summed E-state index contributed by atoms with van der Waals surface area (Å²) in [7, 11) is 1.39. The monoisotopic (exact) mass is 237 g/mol. The Labute approximate surface area is 99.6 Å². The molecule has 2 rings (SSSR count). The van der Waals surface area contributed by atoms with Crippen molar-refractivity contribution in [1.29, 1.82) is 0 Å². The number of nitrogens with zero attached hydrogens (tertiary/aromatic N) is 3. The maximum Gasteiger partial charge on any atom is 0.325 e. The van der Waals surface area contributed by atoms with E-state index in [-0.39, 0.29) is 12.0 Å². The molecule has 1 saturated heterocycles. The molecule has 6 heteroatoms. The number of carbonyl (C=O) groups excluding carboxylic acids is 1. The smallest absolute Gasteiger partial charge is 0.325 e. The van der Waals surface area contributed by atoms with Crippen LogP contribution in [-0.4, -0.2) is 53.7 Å². The Balaban J connectivity index is 2.04. The van der Waals surface area contributed by atoms with Crippen molar-refractivity contribution in [3.8, 4) is 0 Å². The highest BCUT2D eigenvalue weighted by molar-refractivity contribution is 5.75. The molecule has 1 aliphatic rings. The van der Waals surface area contributed by atoms with Crippen molar-refractivity contribution in [2.45, 2.75) is 12.6 Å². The first-order valence-electron chi connectivity index (χ1n) is 5.46. The van der Waals surface area contributed by atoms with Gasteiger partial charge in [0.15, 0.2) is 0 Å². The second kappa shape index (κ2) is 5.70. The van der Waals surface area contributed by atoms with Gasteiger partial charge in [-0.1, -0.05) is 0 Å². The summed E-state index contributed by atoms with van der Waals surface area (Å²) in [5.41, 5.74) is 0.836. The topological polar surface area (TPSA) is 64.6 Å². The van der Waals surface area contributed by atoms with Crippen LogP contribution in [0.25, 0.3) is 0 Å². The van der Waals surface area contributed by atoms with E-state index in [2.05, 4.69) is 9.97 Å². The van der Waals surface area contributed by atoms with E-state index in [0.717, 1.165) is 5.69 Å². The van der Waals surface area contributed by atoms with Crippen LogP contribution in [-0.2, 0) is 20.8 Å². The lowest BCUT2D eigenvalue weighted by atomic mass is 10.2. The lowest BCUT2D eigenvalue weighted by molar-refractivity contribution is -0.153. The first-order valence-corrected chi connectivity index (χ1v) is 5.46. The van der Waals surface area contributed by atoms with Crippen LogP contribution in [0, 0.1) is 0 Å². The number of hydrogen-bond acceptors (Lipinski definition) is 6. The molecule has 1 fully saturated rings. The maximum absolute atomic E-state index is 11.6. The van der Waals surface area contributed by atoms with Crippen LogP contribution in [0.15, 0.2) is 18.6 Å². The van der Waals surface area contributed by atoms with Gasteiger partial charge < -0.3 is 9.47 Å². The fraction of sp³-hybridized carbons (Fsp3) is 0.545. The average molecular weight is 237 g/mol. The Kier molecular flexibility index (Phi) is 4.00. The number of rotatable bonds is 3. The second-order valence-electron chi connectivity index (χ2n) is 3.78. The summed E-state index contributed by atoms with van der Waals surface area (Å²) in [6, 6.07) is -0.351. The standard InChI is InChI=1S/C11H15N3O3/c1-16-11(15)10-8-17-5-4-14(10)7-9-6-12-2-3-13-9/h2-3,6,10H,4-5,7-8H2,1H3. The largest absolute Gasteiger partial charge is 0.468 e. The zero-order valence-electron chi connectivity index (χ0n) is 9.70. The molecule has 0 aromatic carbocycles. The predicted octanol–water partition coefficient (Wildman–Crippen LogP) is -0.150. The highest BCUT2D eigenvalue weighted by Crippen LogP contribution is 2.11. The summed E-state index contributed by atoms with van der Waals surface area (Å²) in [4.78, 5) is 21.8. The molecule has 1 aliphatic heterocycles. The van der Waals surface area contributed by atoms with Gasteiger partial charge in [-0.3, -0.25) is 19.7 Å². The molecule has 2 heterocycles. The molecule has 1 unspecified atom stereocenters. The van der Waals surface area contributed by atoms with E-state index in [1.807, 2.05) is 4.90 Å². The Bertz CT molecular complexity index is 371. The van der Waals surface area contributed by atoms with Crippen molar-refractivity contribution in [2.24, 2.45) is 0 Å². The molecule has 0 amide bonds. The number of aromatic nitrogens is 2. The number of ether oxygens (including phenoxy) is 2. The quantitative estimate of drug-likeness (QED) is 0.681. The van der Waals surface area contributed by atoms with Gasteiger partial charge in [0, 0.05) is 31.7 Å². The third kappa shape index (κ3) is 2.98. The summed E-state index contributed by atoms with van der Waals surface area (Å²) < 4.78 is 10.1. The fourth-order valence-corrected chi connectivity index (χ4v) is 1.80. The van der Waals surface area contributed by atoms with Gasteiger partial charge in [-0.25, -0.2) is 0 Å². The molecule has 0 aliphatic carbocycles. The van der Waals surface area contributed by atoms with Crippen LogP contribution >= 0.6 is 0 Å². The Morgan fingerprint density at radius 3 is 3.24 bits per heavy atom. The van der Waals surface area contributed by atoms with E-state index >= 15 is 0 Å². The molecule has 6 nitrogen and oxygen atoms in total. The summed E-state index contributed by atoms with van der Waals surface area (Å²) in [5, 5.41) is 0. The van der Waals surface area contributed by atoms with Gasteiger partial charge in [-0.2, -0.15) is 0 Å². The third-order valence-electron chi connectivity index (χ3n) is 2.69. The first-order chi connectivity index (χ1) is 8.31. The molecule has 17 heavy (non-hydrogen) atoms. The highest BCUT2D eigenvalue weighted by Gasteiger charge is 2.30. The minimum Gasteiger partial charge on any atom is -0.468 e. The molecule has 1 atom stereocenters. The molecule has 0 spiro atoms. The van der Waals surface area contributed by atoms with Crippen molar-refractivity contribution in [1.82, 2.24) is 14.9 Å². The number of hydrogen-bond donors (Lipinski definition) is 0. The van der Waals surface area contributed by atoms with Gasteiger partial charge in [0.2, 0.25) is 0 Å². The molecular formula is C11H15N3O3. The molecule has 0 bridgehead atoms. The molecule has 0 saturated carbocycles. The highest BCUT2D eigenvalue weighted by atomic mass is 16.5. The molecule has 1 aromatic heterocycles. The van der Waals surface area contributed by atoms with Gasteiger partial charge in [-0.15, -0.1) is 0 Å². The average Bonchev–Trinajstić information content (AvgIpc) is 2.40. The first kappa shape index (κ1) is 11.9. The van der Waals surface area contributed by atoms with E-state index in [1.165, 1.54) is 7.11 Å². The molecule has 92 valence electrons. The molecule has 0 radical (unpaired) electrons. The van der Waals surface area contributed by atoms with E-state index in [0.29, 0.717) is 26.3 Å². The number of esters is 1. The summed E-state index contributed by atoms with van der Waals surface area (Å²) in [6.45, 7) is 2.26. The maximum atomic E-state index is 11.6. The van der Waals surface area contributed by atoms with Crippen LogP contribution in [0.5, 0.6) is 0 Å². The fourth-order valence-electron chi connectivity index (χ4n) is 1.80. The van der Waals surface area contributed by atoms with Gasteiger partial charge in [0.1, 0.15) is 6.04 Å². The lowest BCUT2D eigenvalue weighted by Crippen LogP contribution is -2.49. The number of morpholine rings is 1. The van der Waals surface area contributed by atoms with Gasteiger partial charge in [0.05, 0.1) is 26.0 Å². The van der Waals surface area contributed by atoms with Crippen molar-refractivity contribution in [3.63, 3.8) is 0 Å². The minimum atomic E-state index is -0.351. The van der Waals surface area contributed by atoms with Crippen LogP contribution in [0.4, 0.5) is 0 Å².